The summed E-state index contributed by atoms with van der Waals surface area (Å²) in [5, 5.41) is 0. The first-order valence-electron chi connectivity index (χ1n) is 8.60. The Morgan fingerprint density at radius 3 is 2.19 bits per heavy atom. The van der Waals surface area contributed by atoms with Crippen LogP contribution in [0, 0.1) is 0 Å². The van der Waals surface area contributed by atoms with E-state index in [0.717, 1.165) is 23.8 Å². The molecule has 1 aliphatic heterocycles. The lowest BCUT2D eigenvalue weighted by molar-refractivity contribution is 0.0846. The van der Waals surface area contributed by atoms with Crippen LogP contribution >= 0.6 is 0 Å². The highest BCUT2D eigenvalue weighted by Crippen LogP contribution is 2.30. The van der Waals surface area contributed by atoms with E-state index in [4.69, 9.17) is 0 Å². The van der Waals surface area contributed by atoms with Crippen molar-refractivity contribution in [3.63, 3.8) is 0 Å². The molecule has 27 heavy (non-hydrogen) atoms. The summed E-state index contributed by atoms with van der Waals surface area (Å²) in [7, 11) is -3.33. The Morgan fingerprint density at radius 1 is 1.00 bits per heavy atom. The molecule has 7 nitrogen and oxygen atoms in total. The van der Waals surface area contributed by atoms with Gasteiger partial charge < -0.3 is 0 Å². The van der Waals surface area contributed by atoms with Crippen LogP contribution in [0.25, 0.3) is 0 Å². The van der Waals surface area contributed by atoms with E-state index < -0.39 is 21.8 Å². The highest BCUT2D eigenvalue weighted by molar-refractivity contribution is 7.92. The zero-order chi connectivity index (χ0) is 19.6. The van der Waals surface area contributed by atoms with Gasteiger partial charge in [-0.05, 0) is 54.3 Å². The van der Waals surface area contributed by atoms with E-state index in [1.807, 2.05) is 19.1 Å². The van der Waals surface area contributed by atoms with E-state index >= 15 is 0 Å². The van der Waals surface area contributed by atoms with Gasteiger partial charge in [0, 0.05) is 17.7 Å². The summed E-state index contributed by atoms with van der Waals surface area (Å²) in [4.78, 5) is 24.4. The van der Waals surface area contributed by atoms with Crippen molar-refractivity contribution in [2.24, 2.45) is 0 Å². The molecule has 8 heteroatoms. The van der Waals surface area contributed by atoms with Gasteiger partial charge in [0.2, 0.25) is 10.0 Å². The summed E-state index contributed by atoms with van der Waals surface area (Å²) in [6.45, 7) is 2.39. The van der Waals surface area contributed by atoms with Crippen molar-refractivity contribution in [2.45, 2.75) is 19.8 Å². The molecular formula is C19H21N3O4S. The number of benzene rings is 2. The van der Waals surface area contributed by atoms with Crippen LogP contribution in [0.3, 0.4) is 0 Å². The number of carbonyl (C=O) groups is 2. The molecule has 142 valence electrons. The van der Waals surface area contributed by atoms with Gasteiger partial charge in [-0.2, -0.15) is 0 Å². The van der Waals surface area contributed by atoms with Gasteiger partial charge in [-0.3, -0.25) is 24.7 Å². The Balaban J connectivity index is 1.66. The van der Waals surface area contributed by atoms with Crippen molar-refractivity contribution < 1.29 is 18.0 Å². The molecule has 2 aromatic carbocycles. The van der Waals surface area contributed by atoms with E-state index in [1.165, 1.54) is 4.31 Å². The third kappa shape index (κ3) is 4.11. The number of carbonyl (C=O) groups excluding carboxylic acids is 2. The second kappa shape index (κ2) is 7.40. The van der Waals surface area contributed by atoms with Gasteiger partial charge >= 0.3 is 0 Å². The SMILES string of the molecule is CCc1ccc(C(=O)NNC(=O)c2ccc3c(c2)CCN3S(C)(=O)=O)cc1. The number of anilines is 1. The number of aryl methyl sites for hydroxylation is 1. The van der Waals surface area contributed by atoms with Crippen LogP contribution in [0.15, 0.2) is 42.5 Å². The molecule has 3 rings (SSSR count). The van der Waals surface area contributed by atoms with Crippen LogP contribution in [-0.4, -0.2) is 33.0 Å². The zero-order valence-electron chi connectivity index (χ0n) is 15.2. The second-order valence-electron chi connectivity index (χ2n) is 6.39. The van der Waals surface area contributed by atoms with Crippen molar-refractivity contribution in [2.75, 3.05) is 17.1 Å². The number of hydrazine groups is 1. The Kier molecular flexibility index (Phi) is 5.18. The van der Waals surface area contributed by atoms with Crippen molar-refractivity contribution in [3.05, 3.63) is 64.7 Å². The molecule has 0 radical (unpaired) electrons. The Morgan fingerprint density at radius 2 is 1.59 bits per heavy atom. The first-order valence-corrected chi connectivity index (χ1v) is 10.4. The maximum Gasteiger partial charge on any atom is 0.269 e. The van der Waals surface area contributed by atoms with Crippen molar-refractivity contribution in [1.29, 1.82) is 0 Å². The minimum Gasteiger partial charge on any atom is -0.270 e. The predicted octanol–water partition coefficient (Wildman–Crippen LogP) is 1.65. The van der Waals surface area contributed by atoms with Crippen LogP contribution in [0.1, 0.15) is 38.8 Å². The van der Waals surface area contributed by atoms with Crippen molar-refractivity contribution >= 4 is 27.5 Å². The lowest BCUT2D eigenvalue weighted by atomic mass is 10.1. The van der Waals surface area contributed by atoms with Gasteiger partial charge in [0.1, 0.15) is 0 Å². The molecule has 0 spiro atoms. The number of nitrogens with zero attached hydrogens (tertiary/aromatic N) is 1. The minimum atomic E-state index is -3.33. The summed E-state index contributed by atoms with van der Waals surface area (Å²) in [5.41, 5.74) is 8.08. The molecule has 2 N–H and O–H groups in total. The number of nitrogens with one attached hydrogen (secondary N) is 2. The van der Waals surface area contributed by atoms with E-state index in [2.05, 4.69) is 10.9 Å². The minimum absolute atomic E-state index is 0.353. The largest absolute Gasteiger partial charge is 0.270 e. The predicted molar refractivity (Wildman–Crippen MR) is 103 cm³/mol. The van der Waals surface area contributed by atoms with Gasteiger partial charge in [-0.15, -0.1) is 0 Å². The highest BCUT2D eigenvalue weighted by Gasteiger charge is 2.26. The Hall–Kier alpha value is -2.87. The maximum atomic E-state index is 12.3. The fourth-order valence-electron chi connectivity index (χ4n) is 3.01. The van der Waals surface area contributed by atoms with Crippen LogP contribution in [0.4, 0.5) is 5.69 Å². The number of sulfonamides is 1. The average molecular weight is 387 g/mol. The molecule has 0 fully saturated rings. The number of hydrogen-bond acceptors (Lipinski definition) is 4. The lowest BCUT2D eigenvalue weighted by Crippen LogP contribution is -2.41. The summed E-state index contributed by atoms with van der Waals surface area (Å²) in [5.74, 6) is -0.871. The summed E-state index contributed by atoms with van der Waals surface area (Å²) in [6.07, 6.45) is 2.58. The molecule has 0 atom stereocenters. The summed E-state index contributed by atoms with van der Waals surface area (Å²) in [6, 6.07) is 11.9. The summed E-state index contributed by atoms with van der Waals surface area (Å²) < 4.78 is 24.9. The zero-order valence-corrected chi connectivity index (χ0v) is 16.0. The molecule has 2 amide bonds. The van der Waals surface area contributed by atoms with Crippen molar-refractivity contribution in [1.82, 2.24) is 10.9 Å². The first kappa shape index (κ1) is 18.9. The quantitative estimate of drug-likeness (QED) is 0.780. The second-order valence-corrected chi connectivity index (χ2v) is 8.29. The number of fused-ring (bicyclic) bond motifs is 1. The maximum absolute atomic E-state index is 12.3. The topological polar surface area (TPSA) is 95.6 Å². The number of rotatable bonds is 4. The van der Waals surface area contributed by atoms with Crippen molar-refractivity contribution in [3.8, 4) is 0 Å². The Labute approximate surface area is 158 Å². The third-order valence-corrected chi connectivity index (χ3v) is 5.69. The molecule has 0 saturated heterocycles. The molecule has 2 aromatic rings. The molecule has 1 aliphatic rings. The summed E-state index contributed by atoms with van der Waals surface area (Å²) >= 11 is 0. The lowest BCUT2D eigenvalue weighted by Gasteiger charge is -2.16. The van der Waals surface area contributed by atoms with Crippen LogP contribution in [0.5, 0.6) is 0 Å². The van der Waals surface area contributed by atoms with Crippen LogP contribution in [0.2, 0.25) is 0 Å². The molecular weight excluding hydrogens is 366 g/mol. The standard InChI is InChI=1S/C19H21N3O4S/c1-3-13-4-6-14(7-5-13)18(23)20-21-19(24)16-8-9-17-15(12-16)10-11-22(17)27(2,25)26/h4-9,12H,3,10-11H2,1-2H3,(H,20,23)(H,21,24). The van der Waals surface area contributed by atoms with E-state index in [1.54, 1.807) is 30.3 Å². The molecule has 1 heterocycles. The Bertz CT molecular complexity index is 985. The monoisotopic (exact) mass is 387 g/mol. The molecule has 0 saturated carbocycles. The smallest absolute Gasteiger partial charge is 0.269 e. The van der Waals surface area contributed by atoms with E-state index in [0.29, 0.717) is 29.8 Å². The molecule has 0 aromatic heterocycles. The molecule has 0 unspecified atom stereocenters. The van der Waals surface area contributed by atoms with Crippen LogP contribution < -0.4 is 15.2 Å². The van der Waals surface area contributed by atoms with E-state index in [-0.39, 0.29) is 0 Å². The molecule has 0 bridgehead atoms. The highest BCUT2D eigenvalue weighted by atomic mass is 32.2. The first-order chi connectivity index (χ1) is 12.8. The van der Waals surface area contributed by atoms with Gasteiger partial charge in [0.15, 0.2) is 0 Å². The van der Waals surface area contributed by atoms with Crippen LogP contribution in [-0.2, 0) is 22.9 Å². The number of amides is 2. The van der Waals surface area contributed by atoms with Gasteiger partial charge in [-0.25, -0.2) is 8.42 Å². The molecule has 0 aliphatic carbocycles. The van der Waals surface area contributed by atoms with E-state index in [9.17, 15) is 18.0 Å². The fraction of sp³-hybridized carbons (Fsp3) is 0.263. The number of hydrogen-bond donors (Lipinski definition) is 2. The third-order valence-electron chi connectivity index (χ3n) is 4.51. The van der Waals surface area contributed by atoms with Gasteiger partial charge in [-0.1, -0.05) is 19.1 Å². The normalized spacial score (nSPS) is 13.2. The average Bonchev–Trinajstić information content (AvgIpc) is 3.09. The van der Waals surface area contributed by atoms with Gasteiger partial charge in [0.25, 0.3) is 11.8 Å². The fourth-order valence-corrected chi connectivity index (χ4v) is 3.97. The van der Waals surface area contributed by atoms with Gasteiger partial charge in [0.05, 0.1) is 11.9 Å².